The minimum atomic E-state index is -3.93. The van der Waals surface area contributed by atoms with Crippen LogP contribution in [0.2, 0.25) is 0 Å². The molecule has 2 aromatic rings. The Morgan fingerprint density at radius 3 is 2.44 bits per heavy atom. The van der Waals surface area contributed by atoms with Crippen LogP contribution in [0.3, 0.4) is 0 Å². The average molecular weight is 388 g/mol. The van der Waals surface area contributed by atoms with Crippen LogP contribution in [-0.2, 0) is 25.9 Å². The van der Waals surface area contributed by atoms with E-state index < -0.39 is 32.7 Å². The lowest BCUT2D eigenvalue weighted by Gasteiger charge is -2.40. The summed E-state index contributed by atoms with van der Waals surface area (Å²) < 4.78 is 48.7. The van der Waals surface area contributed by atoms with Gasteiger partial charge < -0.3 is 9.47 Å². The molecule has 0 radical (unpaired) electrons. The molecule has 144 valence electrons. The third kappa shape index (κ3) is 3.33. The fourth-order valence-corrected chi connectivity index (χ4v) is 6.21. The van der Waals surface area contributed by atoms with E-state index in [4.69, 9.17) is 9.47 Å². The van der Waals surface area contributed by atoms with Gasteiger partial charge in [-0.15, -0.1) is 0 Å². The molecule has 5 atom stereocenters. The summed E-state index contributed by atoms with van der Waals surface area (Å²) in [5.41, 5.74) is 0.166. The summed E-state index contributed by atoms with van der Waals surface area (Å²) >= 11 is 0. The maximum atomic E-state index is 13.5. The summed E-state index contributed by atoms with van der Waals surface area (Å²) in [7, 11) is -3.93. The number of hydrogen-bond donors (Lipinski definition) is 0. The third-order valence-electron chi connectivity index (χ3n) is 5.83. The normalized spacial score (nSPS) is 36.4. The molecular weight excluding hydrogens is 360 g/mol. The van der Waals surface area contributed by atoms with Crippen molar-refractivity contribution in [2.75, 3.05) is 0 Å². The van der Waals surface area contributed by atoms with E-state index in [9.17, 15) is 9.79 Å². The van der Waals surface area contributed by atoms with Crippen LogP contribution in [0.4, 0.5) is 0 Å². The zero-order valence-corrected chi connectivity index (χ0v) is 16.5. The maximum Gasteiger partial charge on any atom is 0.184 e. The van der Waals surface area contributed by atoms with Crippen molar-refractivity contribution in [1.82, 2.24) is 0 Å². The Morgan fingerprint density at radius 2 is 1.78 bits per heavy atom. The van der Waals surface area contributed by atoms with Gasteiger partial charge in [0.2, 0.25) is 0 Å². The van der Waals surface area contributed by atoms with Gasteiger partial charge >= 0.3 is 0 Å². The summed E-state index contributed by atoms with van der Waals surface area (Å²) in [6, 6.07) is 18.0. The molecule has 0 unspecified atom stereocenters. The Hall–Kier alpha value is -1.69. The molecule has 2 aromatic carbocycles. The van der Waals surface area contributed by atoms with Crippen molar-refractivity contribution in [3.05, 3.63) is 66.2 Å². The highest BCUT2D eigenvalue weighted by atomic mass is 32.2. The van der Waals surface area contributed by atoms with Crippen LogP contribution in [-0.4, -0.2) is 31.5 Å². The molecule has 27 heavy (non-hydrogen) atoms. The molecule has 4 rings (SSSR count). The van der Waals surface area contributed by atoms with Gasteiger partial charge in [0.15, 0.2) is 9.84 Å². The smallest absolute Gasteiger partial charge is 0.184 e. The predicted molar refractivity (Wildman–Crippen MR) is 104 cm³/mol. The van der Waals surface area contributed by atoms with Crippen molar-refractivity contribution in [1.29, 1.82) is 0 Å². The molecule has 0 saturated carbocycles. The minimum absolute atomic E-state index is 0.165. The average Bonchev–Trinajstić information content (AvgIpc) is 2.95. The summed E-state index contributed by atoms with van der Waals surface area (Å²) in [5.74, 6) is -0.440. The molecule has 2 saturated heterocycles. The highest BCUT2D eigenvalue weighted by Gasteiger charge is 2.59. The summed E-state index contributed by atoms with van der Waals surface area (Å²) in [6.07, 6.45) is 0.273. The van der Waals surface area contributed by atoms with Gasteiger partial charge in [-0.2, -0.15) is 0 Å². The van der Waals surface area contributed by atoms with Crippen molar-refractivity contribution in [2.24, 2.45) is 5.92 Å². The minimum Gasteiger partial charge on any atom is -0.370 e. The molecule has 2 bridgehead atoms. The quantitative estimate of drug-likeness (QED) is 0.778. The van der Waals surface area contributed by atoms with Gasteiger partial charge in [0, 0.05) is 5.92 Å². The SMILES string of the molecule is [2H][C@]1(S(=O)(=O)c2ccccc2)[C@@H](C)[C@@H]2CC[C@](C)(OCc3ccccc3)[C@H]1O2. The molecule has 0 amide bonds. The van der Waals surface area contributed by atoms with E-state index in [1.165, 1.54) is 0 Å². The zero-order chi connectivity index (χ0) is 20.0. The molecule has 0 N–H and O–H groups in total. The lowest BCUT2D eigenvalue weighted by atomic mass is 9.91. The van der Waals surface area contributed by atoms with Gasteiger partial charge in [-0.3, -0.25) is 0 Å². The van der Waals surface area contributed by atoms with Gasteiger partial charge in [0.25, 0.3) is 0 Å². The van der Waals surface area contributed by atoms with Gasteiger partial charge in [-0.05, 0) is 37.5 Å². The lowest BCUT2D eigenvalue weighted by Crippen LogP contribution is -2.51. The number of fused-ring (bicyclic) bond motifs is 2. The molecule has 2 heterocycles. The first-order valence-electron chi connectivity index (χ1n) is 9.92. The maximum absolute atomic E-state index is 13.5. The molecular formula is C22H26O4S. The largest absolute Gasteiger partial charge is 0.370 e. The van der Waals surface area contributed by atoms with Gasteiger partial charge in [0.05, 0.1) is 29.8 Å². The van der Waals surface area contributed by atoms with Crippen LogP contribution in [0.25, 0.3) is 0 Å². The second-order valence-electron chi connectivity index (χ2n) is 7.69. The third-order valence-corrected chi connectivity index (χ3v) is 7.93. The van der Waals surface area contributed by atoms with Crippen LogP contribution in [0, 0.1) is 5.92 Å². The number of rotatable bonds is 5. The molecule has 0 spiro atoms. The van der Waals surface area contributed by atoms with E-state index in [1.54, 1.807) is 30.3 Å². The van der Waals surface area contributed by atoms with Crippen molar-refractivity contribution >= 4 is 9.84 Å². The monoisotopic (exact) mass is 387 g/mol. The second kappa shape index (κ2) is 7.04. The van der Waals surface area contributed by atoms with Crippen LogP contribution in [0.1, 0.15) is 33.6 Å². The number of sulfone groups is 1. The van der Waals surface area contributed by atoms with Crippen molar-refractivity contribution < 1.29 is 19.3 Å². The predicted octanol–water partition coefficient (Wildman–Crippen LogP) is 4.00. The highest BCUT2D eigenvalue weighted by Crippen LogP contribution is 2.48. The van der Waals surface area contributed by atoms with Gasteiger partial charge in [-0.25, -0.2) is 8.42 Å². The Labute approximate surface area is 162 Å². The van der Waals surface area contributed by atoms with Crippen molar-refractivity contribution in [3.8, 4) is 0 Å². The van der Waals surface area contributed by atoms with E-state index in [-0.39, 0.29) is 11.0 Å². The van der Waals surface area contributed by atoms with Crippen molar-refractivity contribution in [3.63, 3.8) is 0 Å². The van der Waals surface area contributed by atoms with Gasteiger partial charge in [-0.1, -0.05) is 55.5 Å². The first-order valence-corrected chi connectivity index (χ1v) is 10.9. The van der Waals surface area contributed by atoms with E-state index >= 15 is 0 Å². The summed E-state index contributed by atoms with van der Waals surface area (Å²) in [5, 5.41) is -1.79. The molecule has 2 aliphatic heterocycles. The summed E-state index contributed by atoms with van der Waals surface area (Å²) in [6.45, 7) is 4.07. The fraction of sp³-hybridized carbons (Fsp3) is 0.455. The zero-order valence-electron chi connectivity index (χ0n) is 16.7. The van der Waals surface area contributed by atoms with Crippen LogP contribution >= 0.6 is 0 Å². The standard InChI is InChI=1S/C22H26O4S/c1-16-19-13-14-22(2,25-15-17-9-5-3-6-10-17)21(26-19)20(16)27(23,24)18-11-7-4-8-12-18/h3-12,16,19-21H,13-15H2,1-2H3/t16-,19-,20-,21-,22-/m0/s1/i20D. The molecule has 0 aromatic heterocycles. The fourth-order valence-electron chi connectivity index (χ4n) is 4.20. The second-order valence-corrected chi connectivity index (χ2v) is 9.64. The molecule has 0 aliphatic carbocycles. The Bertz CT molecular complexity index is 934. The lowest BCUT2D eigenvalue weighted by molar-refractivity contribution is -0.171. The van der Waals surface area contributed by atoms with Crippen LogP contribution in [0.15, 0.2) is 65.6 Å². The van der Waals surface area contributed by atoms with Crippen molar-refractivity contribution in [2.45, 2.75) is 61.2 Å². The summed E-state index contributed by atoms with van der Waals surface area (Å²) in [4.78, 5) is 0.165. The highest BCUT2D eigenvalue weighted by molar-refractivity contribution is 7.92. The van der Waals surface area contributed by atoms with E-state index in [2.05, 4.69) is 0 Å². The molecule has 4 nitrogen and oxygen atoms in total. The van der Waals surface area contributed by atoms with E-state index in [0.717, 1.165) is 5.56 Å². The van der Waals surface area contributed by atoms with Crippen LogP contribution in [0.5, 0.6) is 0 Å². The van der Waals surface area contributed by atoms with Gasteiger partial charge in [0.1, 0.15) is 6.10 Å². The van der Waals surface area contributed by atoms with E-state index in [1.807, 2.05) is 44.2 Å². The number of benzene rings is 2. The Kier molecular flexibility index (Phi) is 4.54. The number of ether oxygens (including phenoxy) is 2. The first-order chi connectivity index (χ1) is 13.3. The topological polar surface area (TPSA) is 52.6 Å². The van der Waals surface area contributed by atoms with E-state index in [0.29, 0.717) is 19.4 Å². The molecule has 2 fully saturated rings. The Morgan fingerprint density at radius 1 is 1.15 bits per heavy atom. The van der Waals surface area contributed by atoms with Crippen LogP contribution < -0.4 is 0 Å². The number of hydrogen-bond acceptors (Lipinski definition) is 4. The first kappa shape index (κ1) is 17.4. The Balaban J connectivity index is 1.69. The molecule has 5 heteroatoms. The molecule has 2 aliphatic rings.